The van der Waals surface area contributed by atoms with Gasteiger partial charge in [-0.1, -0.05) is 38.1 Å². The van der Waals surface area contributed by atoms with E-state index in [-0.39, 0.29) is 5.41 Å². The van der Waals surface area contributed by atoms with Gasteiger partial charge < -0.3 is 13.9 Å². The highest BCUT2D eigenvalue weighted by molar-refractivity contribution is 7.41. The van der Waals surface area contributed by atoms with Crippen LogP contribution in [0, 0.1) is 0 Å². The molecule has 0 saturated heterocycles. The number of rotatable bonds is 0. The standard InChI is InChI=1S/C15H15O3P/c1-15(2)11-3-7-13(8-4-11)17-19(16)18-14-9-5-12(15)6-10-14/h3-10,16H,1-2H3. The fourth-order valence-corrected chi connectivity index (χ4v) is 2.87. The second-order valence-electron chi connectivity index (χ2n) is 5.09. The smallest absolute Gasteiger partial charge is 0.418 e. The molecule has 4 heteroatoms. The van der Waals surface area contributed by atoms with Gasteiger partial charge in [-0.25, -0.2) is 0 Å². The van der Waals surface area contributed by atoms with Crippen molar-refractivity contribution in [2.45, 2.75) is 19.3 Å². The Morgan fingerprint density at radius 2 is 1.16 bits per heavy atom. The Morgan fingerprint density at radius 1 is 0.789 bits per heavy atom. The third-order valence-corrected chi connectivity index (χ3v) is 4.25. The first-order valence-corrected chi connectivity index (χ1v) is 7.25. The summed E-state index contributed by atoms with van der Waals surface area (Å²) < 4.78 is 10.7. The monoisotopic (exact) mass is 274 g/mol. The topological polar surface area (TPSA) is 38.7 Å². The Morgan fingerprint density at radius 3 is 1.53 bits per heavy atom. The average molecular weight is 274 g/mol. The van der Waals surface area contributed by atoms with Crippen molar-refractivity contribution in [3.05, 3.63) is 59.7 Å². The molecule has 3 nitrogen and oxygen atoms in total. The molecule has 0 radical (unpaired) electrons. The van der Waals surface area contributed by atoms with Crippen LogP contribution in [0.2, 0.25) is 0 Å². The molecule has 4 aliphatic heterocycles. The summed E-state index contributed by atoms with van der Waals surface area (Å²) in [6.45, 7) is 4.37. The molecule has 4 heterocycles. The predicted octanol–water partition coefficient (Wildman–Crippen LogP) is 4.00. The van der Waals surface area contributed by atoms with Gasteiger partial charge in [0.1, 0.15) is 11.5 Å². The van der Waals surface area contributed by atoms with E-state index >= 15 is 0 Å². The summed E-state index contributed by atoms with van der Waals surface area (Å²) in [5.74, 6) is 1.23. The van der Waals surface area contributed by atoms with Crippen LogP contribution in [-0.2, 0) is 5.41 Å². The van der Waals surface area contributed by atoms with Crippen LogP contribution in [0.15, 0.2) is 48.5 Å². The lowest BCUT2D eigenvalue weighted by atomic mass is 9.78. The van der Waals surface area contributed by atoms with Crippen LogP contribution in [0.1, 0.15) is 25.0 Å². The minimum atomic E-state index is -1.95. The molecule has 2 aromatic carbocycles. The van der Waals surface area contributed by atoms with Crippen molar-refractivity contribution in [2.75, 3.05) is 0 Å². The Bertz CT molecular complexity index is 524. The summed E-state index contributed by atoms with van der Waals surface area (Å²) >= 11 is 0. The predicted molar refractivity (Wildman–Crippen MR) is 75.4 cm³/mol. The molecule has 19 heavy (non-hydrogen) atoms. The van der Waals surface area contributed by atoms with E-state index in [9.17, 15) is 4.89 Å². The SMILES string of the molecule is CC1(C)c2ccc(cc2)OP(O)Oc2ccc1cc2. The molecular formula is C15H15O3P. The Balaban J connectivity index is 2.15. The van der Waals surface area contributed by atoms with Gasteiger partial charge in [0.05, 0.1) is 0 Å². The van der Waals surface area contributed by atoms with Gasteiger partial charge in [-0.05, 0) is 35.4 Å². The number of hydrogen-bond donors (Lipinski definition) is 1. The van der Waals surface area contributed by atoms with Crippen LogP contribution in [0.4, 0.5) is 0 Å². The van der Waals surface area contributed by atoms with Crippen molar-refractivity contribution in [2.24, 2.45) is 0 Å². The molecule has 0 unspecified atom stereocenters. The zero-order chi connectivity index (χ0) is 13.5. The first kappa shape index (κ1) is 12.5. The molecule has 0 atom stereocenters. The Kier molecular flexibility index (Phi) is 2.96. The maximum atomic E-state index is 9.76. The highest BCUT2D eigenvalue weighted by Gasteiger charge is 2.24. The van der Waals surface area contributed by atoms with E-state index in [1.165, 1.54) is 11.1 Å². The van der Waals surface area contributed by atoms with Gasteiger partial charge in [0.2, 0.25) is 0 Å². The largest absolute Gasteiger partial charge is 0.460 e. The van der Waals surface area contributed by atoms with Crippen molar-refractivity contribution in [3.8, 4) is 11.5 Å². The lowest BCUT2D eigenvalue weighted by Crippen LogP contribution is -2.18. The van der Waals surface area contributed by atoms with Gasteiger partial charge >= 0.3 is 8.60 Å². The summed E-state index contributed by atoms with van der Waals surface area (Å²) in [6, 6.07) is 15.5. The number of hydrogen-bond acceptors (Lipinski definition) is 3. The summed E-state index contributed by atoms with van der Waals surface area (Å²) in [6.07, 6.45) is 0. The van der Waals surface area contributed by atoms with Crippen LogP contribution in [0.5, 0.6) is 11.5 Å². The van der Waals surface area contributed by atoms with E-state index in [1.807, 2.05) is 48.5 Å². The average Bonchev–Trinajstić information content (AvgIpc) is 2.38. The second kappa shape index (κ2) is 4.52. The molecule has 1 N–H and O–H groups in total. The molecular weight excluding hydrogens is 259 g/mol. The van der Waals surface area contributed by atoms with Crippen molar-refractivity contribution in [3.63, 3.8) is 0 Å². The minimum absolute atomic E-state index is 0.0831. The third kappa shape index (κ3) is 2.32. The zero-order valence-corrected chi connectivity index (χ0v) is 11.7. The molecule has 6 rings (SSSR count). The highest BCUT2D eigenvalue weighted by Crippen LogP contribution is 2.40. The second-order valence-corrected chi connectivity index (χ2v) is 5.93. The maximum Gasteiger partial charge on any atom is 0.460 e. The van der Waals surface area contributed by atoms with E-state index in [0.717, 1.165) is 0 Å². The van der Waals surface area contributed by atoms with Crippen LogP contribution in [0.3, 0.4) is 0 Å². The van der Waals surface area contributed by atoms with Crippen molar-refractivity contribution in [1.29, 1.82) is 0 Å². The molecule has 0 saturated carbocycles. The molecule has 0 amide bonds. The van der Waals surface area contributed by atoms with E-state index in [4.69, 9.17) is 9.05 Å². The molecule has 4 bridgehead atoms. The first-order chi connectivity index (χ1) is 9.05. The fourth-order valence-electron chi connectivity index (χ4n) is 2.23. The zero-order valence-electron chi connectivity index (χ0n) is 10.8. The van der Waals surface area contributed by atoms with E-state index in [0.29, 0.717) is 11.5 Å². The maximum absolute atomic E-state index is 9.76. The number of benzene rings is 2. The Hall–Kier alpha value is -1.57. The quantitative estimate of drug-likeness (QED) is 0.738. The molecule has 4 aliphatic rings. The van der Waals surface area contributed by atoms with Crippen molar-refractivity contribution < 1.29 is 13.9 Å². The van der Waals surface area contributed by atoms with Gasteiger partial charge in [0.25, 0.3) is 0 Å². The lowest BCUT2D eigenvalue weighted by Gasteiger charge is -2.27. The molecule has 2 aromatic rings. The van der Waals surface area contributed by atoms with E-state index in [2.05, 4.69) is 13.8 Å². The van der Waals surface area contributed by atoms with Crippen molar-refractivity contribution >= 4 is 8.60 Å². The highest BCUT2D eigenvalue weighted by atomic mass is 31.2. The van der Waals surface area contributed by atoms with Crippen LogP contribution in [-0.4, -0.2) is 4.89 Å². The van der Waals surface area contributed by atoms with Crippen LogP contribution < -0.4 is 9.05 Å². The van der Waals surface area contributed by atoms with Gasteiger partial charge in [-0.15, -0.1) is 0 Å². The van der Waals surface area contributed by atoms with Gasteiger partial charge in [-0.3, -0.25) is 0 Å². The normalized spacial score (nSPS) is 17.2. The lowest BCUT2D eigenvalue weighted by molar-refractivity contribution is 0.381. The van der Waals surface area contributed by atoms with Crippen LogP contribution in [0.25, 0.3) is 0 Å². The van der Waals surface area contributed by atoms with E-state index in [1.54, 1.807) is 0 Å². The Labute approximate surface area is 113 Å². The molecule has 0 aliphatic carbocycles. The van der Waals surface area contributed by atoms with E-state index < -0.39 is 8.60 Å². The van der Waals surface area contributed by atoms with Gasteiger partial charge in [-0.2, -0.15) is 0 Å². The van der Waals surface area contributed by atoms with Crippen LogP contribution >= 0.6 is 8.60 Å². The third-order valence-electron chi connectivity index (χ3n) is 3.52. The van der Waals surface area contributed by atoms with Gasteiger partial charge in [0.15, 0.2) is 0 Å². The summed E-state index contributed by atoms with van der Waals surface area (Å²) in [5, 5.41) is 0. The molecule has 0 aromatic heterocycles. The molecule has 98 valence electrons. The first-order valence-electron chi connectivity index (χ1n) is 6.12. The van der Waals surface area contributed by atoms with Crippen molar-refractivity contribution in [1.82, 2.24) is 0 Å². The van der Waals surface area contributed by atoms with Gasteiger partial charge in [0, 0.05) is 5.41 Å². The minimum Gasteiger partial charge on any atom is -0.418 e. The summed E-state index contributed by atoms with van der Waals surface area (Å²) in [4.78, 5) is 9.76. The molecule has 0 spiro atoms. The fraction of sp³-hybridized carbons (Fsp3) is 0.200. The molecule has 0 fully saturated rings. The summed E-state index contributed by atoms with van der Waals surface area (Å²) in [7, 11) is -1.95. The summed E-state index contributed by atoms with van der Waals surface area (Å²) in [5.41, 5.74) is 2.33.